The first-order valence-electron chi connectivity index (χ1n) is 9.29. The molecule has 9 heteroatoms. The summed E-state index contributed by atoms with van der Waals surface area (Å²) in [6.07, 6.45) is 0.143. The van der Waals surface area contributed by atoms with Crippen LogP contribution in [0, 0.1) is 5.82 Å². The van der Waals surface area contributed by atoms with E-state index >= 15 is 0 Å². The van der Waals surface area contributed by atoms with Crippen molar-refractivity contribution in [1.29, 1.82) is 0 Å². The number of hydrogen-bond acceptors (Lipinski definition) is 4. The first-order valence-corrected chi connectivity index (χ1v) is 10.1. The molecular weight excluding hydrogens is 457 g/mol. The molecule has 0 unspecified atom stereocenters. The van der Waals surface area contributed by atoms with Crippen molar-refractivity contribution in [3.63, 3.8) is 0 Å². The lowest BCUT2D eigenvalue weighted by Gasteiger charge is -2.29. The SMILES string of the molecule is C[C@@H]1CC(=O)Nc2ccccc2N1C(=O)CN(C)C(=O)COc1ccc(Br)cc1F. The average Bonchev–Trinajstić information content (AvgIpc) is 2.81. The maximum absolute atomic E-state index is 13.8. The van der Waals surface area contributed by atoms with Gasteiger partial charge in [-0.2, -0.15) is 0 Å². The average molecular weight is 478 g/mol. The normalized spacial score (nSPS) is 15.7. The van der Waals surface area contributed by atoms with Gasteiger partial charge in [0.2, 0.25) is 11.8 Å². The maximum Gasteiger partial charge on any atom is 0.260 e. The third-order valence-electron chi connectivity index (χ3n) is 4.67. The monoisotopic (exact) mass is 477 g/mol. The summed E-state index contributed by atoms with van der Waals surface area (Å²) in [6.45, 7) is 1.16. The molecule has 7 nitrogen and oxygen atoms in total. The smallest absolute Gasteiger partial charge is 0.260 e. The number of benzene rings is 2. The summed E-state index contributed by atoms with van der Waals surface area (Å²) in [5.41, 5.74) is 1.12. The molecule has 0 fully saturated rings. The van der Waals surface area contributed by atoms with Gasteiger partial charge in [-0.3, -0.25) is 14.4 Å². The Hall–Kier alpha value is -2.94. The van der Waals surface area contributed by atoms with E-state index in [9.17, 15) is 18.8 Å². The lowest BCUT2D eigenvalue weighted by atomic mass is 10.1. The number of likely N-dealkylation sites (N-methyl/N-ethyl adjacent to an activating group) is 1. The first kappa shape index (κ1) is 21.8. The number of fused-ring (bicyclic) bond motifs is 1. The van der Waals surface area contributed by atoms with Crippen molar-refractivity contribution in [2.24, 2.45) is 0 Å². The van der Waals surface area contributed by atoms with Gasteiger partial charge in [0.1, 0.15) is 0 Å². The van der Waals surface area contributed by atoms with Gasteiger partial charge in [-0.15, -0.1) is 0 Å². The molecule has 0 saturated carbocycles. The fourth-order valence-electron chi connectivity index (χ4n) is 3.18. The van der Waals surface area contributed by atoms with Crippen LogP contribution in [0.5, 0.6) is 5.75 Å². The van der Waals surface area contributed by atoms with Crippen molar-refractivity contribution in [2.75, 3.05) is 30.4 Å². The molecule has 3 amide bonds. The van der Waals surface area contributed by atoms with Crippen LogP contribution in [0.2, 0.25) is 0 Å². The summed E-state index contributed by atoms with van der Waals surface area (Å²) in [5.74, 6) is -1.64. The molecule has 1 aliphatic heterocycles. The number of carbonyl (C=O) groups excluding carboxylic acids is 3. The van der Waals surface area contributed by atoms with Crippen LogP contribution in [0.4, 0.5) is 15.8 Å². The van der Waals surface area contributed by atoms with E-state index in [0.717, 1.165) is 0 Å². The molecular formula is C21H21BrFN3O4. The summed E-state index contributed by atoms with van der Waals surface area (Å²) in [6, 6.07) is 10.9. The predicted octanol–water partition coefficient (Wildman–Crippen LogP) is 3.19. The zero-order chi connectivity index (χ0) is 21.8. The van der Waals surface area contributed by atoms with Crippen LogP contribution in [-0.2, 0) is 14.4 Å². The molecule has 1 atom stereocenters. The highest BCUT2D eigenvalue weighted by Gasteiger charge is 2.30. The Morgan fingerprint density at radius 3 is 2.77 bits per heavy atom. The molecule has 158 valence electrons. The Morgan fingerprint density at radius 2 is 2.03 bits per heavy atom. The minimum absolute atomic E-state index is 0.0501. The second kappa shape index (κ2) is 9.25. The second-order valence-electron chi connectivity index (χ2n) is 7.00. The number of carbonyl (C=O) groups is 3. The maximum atomic E-state index is 13.8. The first-order chi connectivity index (χ1) is 14.3. The van der Waals surface area contributed by atoms with Gasteiger partial charge in [0, 0.05) is 24.0 Å². The van der Waals surface area contributed by atoms with E-state index in [1.165, 1.54) is 29.0 Å². The number of rotatable bonds is 5. The fraction of sp³-hybridized carbons (Fsp3) is 0.286. The van der Waals surface area contributed by atoms with Crippen LogP contribution in [0.15, 0.2) is 46.9 Å². The molecule has 30 heavy (non-hydrogen) atoms. The second-order valence-corrected chi connectivity index (χ2v) is 7.91. The number of amides is 3. The number of nitrogens with one attached hydrogen (secondary N) is 1. The molecule has 0 aromatic heterocycles. The molecule has 0 spiro atoms. The Bertz CT molecular complexity index is 984. The number of nitrogens with zero attached hydrogens (tertiary/aromatic N) is 2. The largest absolute Gasteiger partial charge is 0.481 e. The predicted molar refractivity (Wildman–Crippen MR) is 114 cm³/mol. The summed E-state index contributed by atoms with van der Waals surface area (Å²) < 4.78 is 19.6. The quantitative estimate of drug-likeness (QED) is 0.716. The van der Waals surface area contributed by atoms with Gasteiger partial charge in [0.25, 0.3) is 5.91 Å². The van der Waals surface area contributed by atoms with E-state index in [0.29, 0.717) is 15.8 Å². The van der Waals surface area contributed by atoms with E-state index in [-0.39, 0.29) is 36.6 Å². The Labute approximate surface area is 181 Å². The number of para-hydroxylation sites is 2. The Morgan fingerprint density at radius 1 is 1.30 bits per heavy atom. The van der Waals surface area contributed by atoms with Crippen molar-refractivity contribution in [2.45, 2.75) is 19.4 Å². The molecule has 1 N–H and O–H groups in total. The number of ether oxygens (including phenoxy) is 1. The number of hydrogen-bond donors (Lipinski definition) is 1. The van der Waals surface area contributed by atoms with Crippen molar-refractivity contribution in [1.82, 2.24) is 4.90 Å². The van der Waals surface area contributed by atoms with Crippen LogP contribution in [0.25, 0.3) is 0 Å². The van der Waals surface area contributed by atoms with Gasteiger partial charge in [-0.25, -0.2) is 4.39 Å². The molecule has 0 bridgehead atoms. The van der Waals surface area contributed by atoms with Crippen molar-refractivity contribution in [3.05, 3.63) is 52.8 Å². The highest BCUT2D eigenvalue weighted by atomic mass is 79.9. The molecule has 0 aliphatic carbocycles. The van der Waals surface area contributed by atoms with E-state index in [2.05, 4.69) is 21.2 Å². The highest BCUT2D eigenvalue weighted by Crippen LogP contribution is 2.31. The summed E-state index contributed by atoms with van der Waals surface area (Å²) in [5, 5.41) is 2.79. The molecule has 1 aliphatic rings. The van der Waals surface area contributed by atoms with Crippen molar-refractivity contribution in [3.8, 4) is 5.75 Å². The minimum atomic E-state index is -0.594. The molecule has 2 aromatic rings. The molecule has 3 rings (SSSR count). The zero-order valence-electron chi connectivity index (χ0n) is 16.5. The topological polar surface area (TPSA) is 79.0 Å². The van der Waals surface area contributed by atoms with Crippen LogP contribution in [0.1, 0.15) is 13.3 Å². The standard InChI is InChI=1S/C21H21BrFN3O4/c1-13-9-19(27)24-16-5-3-4-6-17(16)26(13)20(28)11-25(2)21(29)12-30-18-8-7-14(22)10-15(18)23/h3-8,10,13H,9,11-12H2,1-2H3,(H,24,27)/t13-/m1/s1. The summed E-state index contributed by atoms with van der Waals surface area (Å²) in [4.78, 5) is 40.2. The lowest BCUT2D eigenvalue weighted by Crippen LogP contribution is -2.46. The van der Waals surface area contributed by atoms with Crippen LogP contribution < -0.4 is 15.0 Å². The van der Waals surface area contributed by atoms with Gasteiger partial charge in [-0.05, 0) is 37.3 Å². The van der Waals surface area contributed by atoms with E-state index in [1.807, 2.05) is 0 Å². The van der Waals surface area contributed by atoms with E-state index in [1.54, 1.807) is 37.3 Å². The van der Waals surface area contributed by atoms with Crippen molar-refractivity contribution < 1.29 is 23.5 Å². The molecule has 1 heterocycles. The Kier molecular flexibility index (Phi) is 6.71. The zero-order valence-corrected chi connectivity index (χ0v) is 18.1. The van der Waals surface area contributed by atoms with Gasteiger partial charge < -0.3 is 19.9 Å². The number of halogens is 2. The van der Waals surface area contributed by atoms with Crippen LogP contribution in [-0.4, -0.2) is 48.9 Å². The fourth-order valence-corrected chi connectivity index (χ4v) is 3.51. The van der Waals surface area contributed by atoms with Gasteiger partial charge >= 0.3 is 0 Å². The van der Waals surface area contributed by atoms with E-state index in [4.69, 9.17) is 4.74 Å². The van der Waals surface area contributed by atoms with E-state index < -0.39 is 18.3 Å². The minimum Gasteiger partial charge on any atom is -0.481 e. The molecule has 0 radical (unpaired) electrons. The van der Waals surface area contributed by atoms with Crippen LogP contribution in [0.3, 0.4) is 0 Å². The van der Waals surface area contributed by atoms with Crippen LogP contribution >= 0.6 is 15.9 Å². The summed E-state index contributed by atoms with van der Waals surface area (Å²) in [7, 11) is 1.47. The Balaban J connectivity index is 1.67. The number of anilines is 2. The summed E-state index contributed by atoms with van der Waals surface area (Å²) >= 11 is 3.15. The third-order valence-corrected chi connectivity index (χ3v) is 5.16. The van der Waals surface area contributed by atoms with Crippen molar-refractivity contribution >= 4 is 45.0 Å². The van der Waals surface area contributed by atoms with Gasteiger partial charge in [-0.1, -0.05) is 28.1 Å². The molecule has 2 aromatic carbocycles. The molecule has 0 saturated heterocycles. The van der Waals surface area contributed by atoms with Gasteiger partial charge in [0.05, 0.1) is 17.9 Å². The highest BCUT2D eigenvalue weighted by molar-refractivity contribution is 9.10. The lowest BCUT2D eigenvalue weighted by molar-refractivity contribution is -0.135. The third kappa shape index (κ3) is 4.96. The van der Waals surface area contributed by atoms with Gasteiger partial charge in [0.15, 0.2) is 18.2 Å².